The van der Waals surface area contributed by atoms with Gasteiger partial charge in [-0.3, -0.25) is 4.57 Å². The first-order chi connectivity index (χ1) is 26.0. The van der Waals surface area contributed by atoms with Gasteiger partial charge in [0.05, 0.1) is 22.4 Å². The molecule has 3 heterocycles. The Morgan fingerprint density at radius 3 is 1.79 bits per heavy atom. The van der Waals surface area contributed by atoms with Crippen LogP contribution in [-0.2, 0) is 21.7 Å². The third-order valence-electron chi connectivity index (χ3n) is 11.2. The predicted molar refractivity (Wildman–Crippen MR) is 237 cm³/mol. The fourth-order valence-electron chi connectivity index (χ4n) is 8.10. The summed E-state index contributed by atoms with van der Waals surface area (Å²) in [6.07, 6.45) is 1.92. The second-order valence-electron chi connectivity index (χ2n) is 19.9. The molecule has 0 aliphatic rings. The average molecular weight is 745 g/mol. The zero-order chi connectivity index (χ0) is 40.7. The molecule has 0 aliphatic heterocycles. The minimum absolute atomic E-state index is 0.00334. The number of aryl methyl sites for hydroxylation is 2. The third kappa shape index (κ3) is 7.17. The van der Waals surface area contributed by atoms with E-state index in [0.29, 0.717) is 0 Å². The number of fused-ring (bicyclic) bond motifs is 3. The molecule has 0 saturated heterocycles. The van der Waals surface area contributed by atoms with E-state index in [9.17, 15) is 0 Å². The topological polar surface area (TPSA) is 44.9 Å². The monoisotopic (exact) mass is 744 g/mol. The highest BCUT2D eigenvalue weighted by molar-refractivity contribution is 6.09. The fourth-order valence-corrected chi connectivity index (χ4v) is 8.10. The largest absolute Gasteiger partial charge is 0.457 e. The maximum absolute atomic E-state index is 6.88. The van der Waals surface area contributed by atoms with Crippen LogP contribution >= 0.6 is 0 Å². The standard InChI is InChI=1S/C51H60N4O/c1-31-24-41(50(10,11)12)47(42(25-31)51(13,14)15)46-32(2)53-55(33(46)3)36-26-35(49(7,8)9)27-38(29-36)56-37-20-21-40-39-18-16-17-19-43(39)54(44(40)30-37)45-28-34(22-23-52-45)48(4,5)6/h16-30H,1-15H3. The van der Waals surface area contributed by atoms with E-state index in [0.717, 1.165) is 50.8 Å². The molecule has 0 atom stereocenters. The van der Waals surface area contributed by atoms with E-state index in [1.54, 1.807) is 0 Å². The zero-order valence-electron chi connectivity index (χ0n) is 36.4. The Bertz CT molecular complexity index is 2590. The van der Waals surface area contributed by atoms with Gasteiger partial charge in [0.2, 0.25) is 0 Å². The molecule has 7 aromatic rings. The van der Waals surface area contributed by atoms with Gasteiger partial charge in [-0.05, 0) is 113 Å². The highest BCUT2D eigenvalue weighted by Crippen LogP contribution is 2.45. The molecule has 0 bridgehead atoms. The van der Waals surface area contributed by atoms with Crippen molar-refractivity contribution in [2.24, 2.45) is 0 Å². The van der Waals surface area contributed by atoms with Gasteiger partial charge < -0.3 is 4.74 Å². The molecule has 4 aromatic carbocycles. The van der Waals surface area contributed by atoms with Gasteiger partial charge in [0, 0.05) is 40.4 Å². The fraction of sp³-hybridized carbons (Fsp3) is 0.373. The minimum atomic E-state index is -0.122. The number of ether oxygens (including phenoxy) is 1. The number of para-hydroxylation sites is 1. The van der Waals surface area contributed by atoms with E-state index >= 15 is 0 Å². The maximum atomic E-state index is 6.88. The highest BCUT2D eigenvalue weighted by atomic mass is 16.5. The lowest BCUT2D eigenvalue weighted by atomic mass is 9.73. The molecule has 5 heteroatoms. The van der Waals surface area contributed by atoms with Crippen LogP contribution < -0.4 is 4.74 Å². The molecule has 0 spiro atoms. The summed E-state index contributed by atoms with van der Waals surface area (Å²) >= 11 is 0. The van der Waals surface area contributed by atoms with Crippen LogP contribution in [0.1, 0.15) is 122 Å². The first-order valence-electron chi connectivity index (χ1n) is 20.1. The molecule has 290 valence electrons. The normalized spacial score (nSPS) is 12.9. The summed E-state index contributed by atoms with van der Waals surface area (Å²) in [6.45, 7) is 34.0. The van der Waals surface area contributed by atoms with Crippen molar-refractivity contribution >= 4 is 21.8 Å². The van der Waals surface area contributed by atoms with Gasteiger partial charge in [0.15, 0.2) is 0 Å². The van der Waals surface area contributed by atoms with Crippen molar-refractivity contribution in [1.82, 2.24) is 19.3 Å². The second-order valence-corrected chi connectivity index (χ2v) is 19.9. The summed E-state index contributed by atoms with van der Waals surface area (Å²) in [5.41, 5.74) is 14.0. The predicted octanol–water partition coefficient (Wildman–Crippen LogP) is 13.9. The number of benzene rings is 4. The molecule has 0 aliphatic carbocycles. The molecular formula is C51H60N4O. The molecule has 7 rings (SSSR count). The van der Waals surface area contributed by atoms with E-state index in [2.05, 4.69) is 198 Å². The smallest absolute Gasteiger partial charge is 0.137 e. The van der Waals surface area contributed by atoms with E-state index in [1.807, 2.05) is 6.20 Å². The molecule has 5 nitrogen and oxygen atoms in total. The molecule has 0 unspecified atom stereocenters. The van der Waals surface area contributed by atoms with Crippen molar-refractivity contribution in [2.75, 3.05) is 0 Å². The Hall–Kier alpha value is -5.16. The Balaban J connectivity index is 1.38. The molecule has 0 fully saturated rings. The Morgan fingerprint density at radius 2 is 1.16 bits per heavy atom. The van der Waals surface area contributed by atoms with Crippen LogP contribution in [0.15, 0.2) is 91.1 Å². The molecule has 0 radical (unpaired) electrons. The lowest BCUT2D eigenvalue weighted by Gasteiger charge is -2.31. The van der Waals surface area contributed by atoms with Gasteiger partial charge in [-0.2, -0.15) is 5.10 Å². The van der Waals surface area contributed by atoms with Gasteiger partial charge in [0.1, 0.15) is 17.3 Å². The summed E-state index contributed by atoms with van der Waals surface area (Å²) < 4.78 is 11.3. The number of rotatable bonds is 5. The van der Waals surface area contributed by atoms with Gasteiger partial charge in [0.25, 0.3) is 0 Å². The number of hydrogen-bond acceptors (Lipinski definition) is 3. The van der Waals surface area contributed by atoms with Crippen LogP contribution in [0.5, 0.6) is 11.5 Å². The van der Waals surface area contributed by atoms with Crippen molar-refractivity contribution in [3.8, 4) is 34.1 Å². The van der Waals surface area contributed by atoms with E-state index in [-0.39, 0.29) is 21.7 Å². The number of aromatic nitrogens is 4. The van der Waals surface area contributed by atoms with Crippen molar-refractivity contribution in [2.45, 2.75) is 126 Å². The summed E-state index contributed by atoms with van der Waals surface area (Å²) in [4.78, 5) is 4.89. The summed E-state index contributed by atoms with van der Waals surface area (Å²) in [6, 6.07) is 30.7. The summed E-state index contributed by atoms with van der Waals surface area (Å²) in [5.74, 6) is 2.44. The van der Waals surface area contributed by atoms with E-state index < -0.39 is 0 Å². The SMILES string of the molecule is Cc1cc(C(C)(C)C)c(-c2c(C)nn(-c3cc(Oc4ccc5c6ccccc6n(-c6cc(C(C)(C)C)ccn6)c5c4)cc(C(C)(C)C)c3)c2C)c(C(C)(C)C)c1. The molecule has 0 saturated carbocycles. The maximum Gasteiger partial charge on any atom is 0.137 e. The van der Waals surface area contributed by atoms with Crippen LogP contribution in [0.2, 0.25) is 0 Å². The van der Waals surface area contributed by atoms with Crippen LogP contribution in [0, 0.1) is 20.8 Å². The summed E-state index contributed by atoms with van der Waals surface area (Å²) in [5, 5.41) is 7.63. The quantitative estimate of drug-likeness (QED) is 0.176. The first-order valence-corrected chi connectivity index (χ1v) is 20.1. The van der Waals surface area contributed by atoms with Crippen LogP contribution in [0.4, 0.5) is 0 Å². The van der Waals surface area contributed by atoms with Crippen molar-refractivity contribution in [3.63, 3.8) is 0 Å². The Kier molecular flexibility index (Phi) is 9.42. The van der Waals surface area contributed by atoms with Gasteiger partial charge in [-0.1, -0.05) is 119 Å². The van der Waals surface area contributed by atoms with Crippen LogP contribution in [0.3, 0.4) is 0 Å². The van der Waals surface area contributed by atoms with Gasteiger partial charge >= 0.3 is 0 Å². The number of nitrogens with zero attached hydrogens (tertiary/aromatic N) is 4. The molecule has 3 aromatic heterocycles. The zero-order valence-corrected chi connectivity index (χ0v) is 36.4. The molecular weight excluding hydrogens is 685 g/mol. The summed E-state index contributed by atoms with van der Waals surface area (Å²) in [7, 11) is 0. The number of hydrogen-bond donors (Lipinski definition) is 0. The van der Waals surface area contributed by atoms with Crippen LogP contribution in [0.25, 0.3) is 44.4 Å². The van der Waals surface area contributed by atoms with Crippen molar-refractivity contribution in [3.05, 3.63) is 130 Å². The lowest BCUT2D eigenvalue weighted by molar-refractivity contribution is 0.478. The molecule has 0 N–H and O–H groups in total. The minimum Gasteiger partial charge on any atom is -0.457 e. The second kappa shape index (κ2) is 13.5. The first kappa shape index (κ1) is 39.1. The average Bonchev–Trinajstić information content (AvgIpc) is 3.58. The van der Waals surface area contributed by atoms with E-state index in [1.165, 1.54) is 44.3 Å². The van der Waals surface area contributed by atoms with E-state index in [4.69, 9.17) is 14.8 Å². The third-order valence-corrected chi connectivity index (χ3v) is 11.2. The number of pyridine rings is 1. The van der Waals surface area contributed by atoms with Crippen molar-refractivity contribution < 1.29 is 4.74 Å². The van der Waals surface area contributed by atoms with Gasteiger partial charge in [-0.15, -0.1) is 0 Å². The van der Waals surface area contributed by atoms with Gasteiger partial charge in [-0.25, -0.2) is 9.67 Å². The Morgan fingerprint density at radius 1 is 0.536 bits per heavy atom. The van der Waals surface area contributed by atoms with Crippen molar-refractivity contribution in [1.29, 1.82) is 0 Å². The van der Waals surface area contributed by atoms with Crippen LogP contribution in [-0.4, -0.2) is 19.3 Å². The molecule has 0 amide bonds. The molecule has 56 heavy (non-hydrogen) atoms. The lowest BCUT2D eigenvalue weighted by Crippen LogP contribution is -2.20. The Labute approximate surface area is 334 Å². The highest BCUT2D eigenvalue weighted by Gasteiger charge is 2.31.